The van der Waals surface area contributed by atoms with Crippen molar-refractivity contribution in [2.24, 2.45) is 0 Å². The first-order valence-electron chi connectivity index (χ1n) is 9.05. The number of amides is 1. The highest BCUT2D eigenvalue weighted by Crippen LogP contribution is 2.24. The lowest BCUT2D eigenvalue weighted by molar-refractivity contribution is 0.0575. The van der Waals surface area contributed by atoms with Gasteiger partial charge in [0.05, 0.1) is 12.7 Å². The number of rotatable bonds is 4. The number of aryl methyl sites for hydroxylation is 1. The van der Waals surface area contributed by atoms with Gasteiger partial charge in [-0.15, -0.1) is 0 Å². The Labute approximate surface area is 162 Å². The highest BCUT2D eigenvalue weighted by molar-refractivity contribution is 5.87. The number of anilines is 2. The number of benzene rings is 1. The molecule has 1 amide bonds. The van der Waals surface area contributed by atoms with Gasteiger partial charge in [0.25, 0.3) is 0 Å². The van der Waals surface area contributed by atoms with Gasteiger partial charge in [0.15, 0.2) is 5.65 Å². The quantitative estimate of drug-likeness (QED) is 0.687. The Morgan fingerprint density at radius 1 is 1.29 bits per heavy atom. The molecule has 0 aliphatic heterocycles. The lowest BCUT2D eigenvalue weighted by Crippen LogP contribution is -2.37. The van der Waals surface area contributed by atoms with Gasteiger partial charge in [-0.25, -0.2) is 14.2 Å². The average Bonchev–Trinajstić information content (AvgIpc) is 3.04. The summed E-state index contributed by atoms with van der Waals surface area (Å²) < 4.78 is 21.5. The highest BCUT2D eigenvalue weighted by Gasteiger charge is 2.27. The molecular weight excluding hydrogens is 361 g/mol. The van der Waals surface area contributed by atoms with Gasteiger partial charge in [-0.3, -0.25) is 4.90 Å². The van der Waals surface area contributed by atoms with E-state index in [0.717, 1.165) is 12.0 Å². The predicted molar refractivity (Wildman–Crippen MR) is 106 cm³/mol. The zero-order chi connectivity index (χ0) is 20.5. The zero-order valence-electron chi connectivity index (χ0n) is 16.4. The molecule has 1 aromatic carbocycles. The van der Waals surface area contributed by atoms with Crippen LogP contribution in [0.3, 0.4) is 0 Å². The summed E-state index contributed by atoms with van der Waals surface area (Å²) in [4.78, 5) is 18.7. The number of carbonyl (C=O) groups excluding carboxylic acids is 1. The molecule has 0 fully saturated rings. The summed E-state index contributed by atoms with van der Waals surface area (Å²) in [5, 5.41) is 4.36. The predicted octanol–water partition coefficient (Wildman–Crippen LogP) is 3.95. The van der Waals surface area contributed by atoms with Crippen LogP contribution in [0.4, 0.5) is 20.7 Å². The molecule has 2 aromatic heterocycles. The van der Waals surface area contributed by atoms with Gasteiger partial charge in [0, 0.05) is 23.0 Å². The van der Waals surface area contributed by atoms with Crippen molar-refractivity contribution in [3.63, 3.8) is 0 Å². The fourth-order valence-electron chi connectivity index (χ4n) is 2.82. The number of nitrogens with two attached hydrogens (primary N) is 1. The Morgan fingerprint density at radius 2 is 2.04 bits per heavy atom. The van der Waals surface area contributed by atoms with E-state index in [0.29, 0.717) is 17.2 Å². The smallest absolute Gasteiger partial charge is 0.416 e. The Bertz CT molecular complexity index is 1010. The van der Waals surface area contributed by atoms with Crippen molar-refractivity contribution >= 4 is 23.2 Å². The molecule has 2 heterocycles. The maximum atomic E-state index is 14.4. The fourth-order valence-corrected chi connectivity index (χ4v) is 2.82. The Morgan fingerprint density at radius 3 is 2.71 bits per heavy atom. The van der Waals surface area contributed by atoms with Crippen LogP contribution in [0.15, 0.2) is 36.7 Å². The van der Waals surface area contributed by atoms with Crippen molar-refractivity contribution in [2.75, 3.05) is 10.6 Å². The summed E-state index contributed by atoms with van der Waals surface area (Å²) in [6.45, 7) is 7.26. The second kappa shape index (κ2) is 7.46. The molecule has 7 nitrogen and oxygen atoms in total. The maximum Gasteiger partial charge on any atom is 0.416 e. The van der Waals surface area contributed by atoms with Crippen LogP contribution in [0.2, 0.25) is 0 Å². The van der Waals surface area contributed by atoms with Gasteiger partial charge in [-0.2, -0.15) is 9.61 Å². The zero-order valence-corrected chi connectivity index (χ0v) is 16.4. The number of nitrogens with zero attached hydrogens (tertiary/aromatic N) is 4. The van der Waals surface area contributed by atoms with Crippen LogP contribution < -0.4 is 10.6 Å². The number of fused-ring (bicyclic) bond motifs is 1. The van der Waals surface area contributed by atoms with Gasteiger partial charge >= 0.3 is 6.09 Å². The first-order chi connectivity index (χ1) is 13.2. The van der Waals surface area contributed by atoms with Gasteiger partial charge < -0.3 is 10.5 Å². The standard InChI is InChI=1S/C20H24FN5O2/c1-5-13-11-24-26-17(8-9-23-18(13)26)25(19(27)28-20(2,3)4)12-14-10-15(22)6-7-16(14)21/h6-11H,5,12,22H2,1-4H3. The molecular formula is C20H24FN5O2. The number of hydrogen-bond donors (Lipinski definition) is 1. The van der Waals surface area contributed by atoms with E-state index in [1.54, 1.807) is 43.7 Å². The van der Waals surface area contributed by atoms with Crippen molar-refractivity contribution in [3.8, 4) is 0 Å². The van der Waals surface area contributed by atoms with Crippen LogP contribution in [0.5, 0.6) is 0 Å². The molecule has 0 bridgehead atoms. The van der Waals surface area contributed by atoms with Gasteiger partial charge in [0.1, 0.15) is 17.2 Å². The Hall–Kier alpha value is -3.16. The largest absolute Gasteiger partial charge is 0.443 e. The Kier molecular flexibility index (Phi) is 5.22. The van der Waals surface area contributed by atoms with E-state index >= 15 is 0 Å². The summed E-state index contributed by atoms with van der Waals surface area (Å²) in [7, 11) is 0. The monoisotopic (exact) mass is 385 g/mol. The first-order valence-corrected chi connectivity index (χ1v) is 9.05. The number of hydrogen-bond acceptors (Lipinski definition) is 5. The minimum absolute atomic E-state index is 0.0633. The average molecular weight is 385 g/mol. The molecule has 0 atom stereocenters. The van der Waals surface area contributed by atoms with Crippen molar-refractivity contribution in [1.29, 1.82) is 0 Å². The minimum Gasteiger partial charge on any atom is -0.443 e. The van der Waals surface area contributed by atoms with Crippen LogP contribution in [0.25, 0.3) is 5.65 Å². The van der Waals surface area contributed by atoms with Gasteiger partial charge in [-0.1, -0.05) is 6.92 Å². The molecule has 0 radical (unpaired) electrons. The number of nitrogen functional groups attached to an aromatic ring is 1. The molecule has 8 heteroatoms. The number of aromatic nitrogens is 3. The molecule has 0 spiro atoms. The molecule has 0 unspecified atom stereocenters. The minimum atomic E-state index is -0.714. The number of ether oxygens (including phenoxy) is 1. The van der Waals surface area contributed by atoms with Crippen molar-refractivity contribution in [3.05, 3.63) is 53.6 Å². The summed E-state index contributed by atoms with van der Waals surface area (Å²) in [6, 6.07) is 5.91. The fraction of sp³-hybridized carbons (Fsp3) is 0.350. The van der Waals surface area contributed by atoms with Crippen LogP contribution >= 0.6 is 0 Å². The van der Waals surface area contributed by atoms with E-state index in [2.05, 4.69) is 10.1 Å². The summed E-state index contributed by atoms with van der Waals surface area (Å²) in [5.74, 6) is -0.0245. The van der Waals surface area contributed by atoms with Crippen LogP contribution in [-0.2, 0) is 17.7 Å². The summed E-state index contributed by atoms with van der Waals surface area (Å²) in [6.07, 6.45) is 3.44. The lowest BCUT2D eigenvalue weighted by Gasteiger charge is -2.27. The van der Waals surface area contributed by atoms with Gasteiger partial charge in [0.2, 0.25) is 0 Å². The number of halogens is 1. The van der Waals surface area contributed by atoms with E-state index in [9.17, 15) is 9.18 Å². The molecule has 3 aromatic rings. The normalized spacial score (nSPS) is 11.6. The third-order valence-electron chi connectivity index (χ3n) is 4.12. The highest BCUT2D eigenvalue weighted by atomic mass is 19.1. The molecule has 0 saturated carbocycles. The van der Waals surface area contributed by atoms with E-state index in [1.165, 1.54) is 23.1 Å². The maximum absolute atomic E-state index is 14.4. The molecule has 0 aliphatic carbocycles. The number of carbonyl (C=O) groups is 1. The summed E-state index contributed by atoms with van der Waals surface area (Å²) in [5.41, 5.74) is 7.36. The topological polar surface area (TPSA) is 85.8 Å². The van der Waals surface area contributed by atoms with E-state index in [1.807, 2.05) is 6.92 Å². The van der Waals surface area contributed by atoms with E-state index in [4.69, 9.17) is 10.5 Å². The third-order valence-corrected chi connectivity index (χ3v) is 4.12. The molecule has 3 rings (SSSR count). The SMILES string of the molecule is CCc1cnn2c(N(Cc3cc(N)ccc3F)C(=O)OC(C)(C)C)ccnc12. The Balaban J connectivity index is 2.10. The van der Waals surface area contributed by atoms with Crippen molar-refractivity contribution in [1.82, 2.24) is 14.6 Å². The summed E-state index contributed by atoms with van der Waals surface area (Å²) >= 11 is 0. The molecule has 0 aliphatic rings. The van der Waals surface area contributed by atoms with Crippen LogP contribution in [0.1, 0.15) is 38.8 Å². The second-order valence-electron chi connectivity index (χ2n) is 7.48. The van der Waals surface area contributed by atoms with E-state index < -0.39 is 17.5 Å². The molecule has 2 N–H and O–H groups in total. The van der Waals surface area contributed by atoms with E-state index in [-0.39, 0.29) is 12.1 Å². The second-order valence-corrected chi connectivity index (χ2v) is 7.48. The molecule has 0 saturated heterocycles. The lowest BCUT2D eigenvalue weighted by atomic mass is 10.1. The molecule has 28 heavy (non-hydrogen) atoms. The van der Waals surface area contributed by atoms with Gasteiger partial charge in [-0.05, 0) is 51.5 Å². The van der Waals surface area contributed by atoms with Crippen molar-refractivity contribution < 1.29 is 13.9 Å². The first kappa shape index (κ1) is 19.6. The molecule has 148 valence electrons. The van der Waals surface area contributed by atoms with Crippen molar-refractivity contribution in [2.45, 2.75) is 46.3 Å². The van der Waals surface area contributed by atoms with Crippen LogP contribution in [-0.4, -0.2) is 26.3 Å². The van der Waals surface area contributed by atoms with Crippen LogP contribution in [0, 0.1) is 5.82 Å². The third kappa shape index (κ3) is 4.05.